The Bertz CT molecular complexity index is 861. The maximum atomic E-state index is 12.5. The first-order valence-corrected chi connectivity index (χ1v) is 8.99. The normalized spacial score (nSPS) is 12.2. The van der Waals surface area contributed by atoms with Crippen molar-refractivity contribution in [2.45, 2.75) is 24.5 Å². The Kier molecular flexibility index (Phi) is 6.03. The lowest BCUT2D eigenvalue weighted by molar-refractivity contribution is -0.137. The Morgan fingerprint density at radius 2 is 1.92 bits per heavy atom. The number of ether oxygens (including phenoxy) is 1. The molecule has 1 heterocycles. The minimum atomic E-state index is -4.43. The molecule has 1 aromatic heterocycles. The number of H-pyrrole nitrogens is 1. The number of aromatic nitrogens is 2. The van der Waals surface area contributed by atoms with Crippen molar-refractivity contribution in [1.82, 2.24) is 14.9 Å². The van der Waals surface area contributed by atoms with E-state index in [1.54, 1.807) is 6.92 Å². The summed E-state index contributed by atoms with van der Waals surface area (Å²) in [5.41, 5.74) is -0.483. The van der Waals surface area contributed by atoms with Crippen LogP contribution in [0.15, 0.2) is 35.5 Å². The van der Waals surface area contributed by atoms with Crippen molar-refractivity contribution in [3.05, 3.63) is 47.2 Å². The van der Waals surface area contributed by atoms with Crippen molar-refractivity contribution < 1.29 is 31.1 Å². The minimum Gasteiger partial charge on any atom is -0.462 e. The molecule has 0 aliphatic rings. The molecule has 0 unspecified atom stereocenters. The van der Waals surface area contributed by atoms with Gasteiger partial charge in [-0.25, -0.2) is 17.9 Å². The first kappa shape index (κ1) is 19.9. The molecule has 0 atom stereocenters. The van der Waals surface area contributed by atoms with Crippen molar-refractivity contribution in [3.63, 3.8) is 0 Å². The fourth-order valence-corrected chi connectivity index (χ4v) is 3.21. The average molecular weight is 391 g/mol. The highest BCUT2D eigenvalue weighted by Gasteiger charge is 2.30. The Balaban J connectivity index is 2.01. The van der Waals surface area contributed by atoms with Gasteiger partial charge in [0.1, 0.15) is 5.56 Å². The summed E-state index contributed by atoms with van der Waals surface area (Å²) in [6.07, 6.45) is -3.22. The summed E-state index contributed by atoms with van der Waals surface area (Å²) >= 11 is 0. The van der Waals surface area contributed by atoms with E-state index in [0.717, 1.165) is 18.3 Å². The van der Waals surface area contributed by atoms with Gasteiger partial charge in [-0.1, -0.05) is 12.1 Å². The van der Waals surface area contributed by atoms with Crippen LogP contribution >= 0.6 is 0 Å². The van der Waals surface area contributed by atoms with Crippen LogP contribution in [0.25, 0.3) is 0 Å². The molecule has 11 heteroatoms. The smallest absolute Gasteiger partial charge is 0.416 e. The lowest BCUT2D eigenvalue weighted by Crippen LogP contribution is -2.28. The second kappa shape index (κ2) is 7.87. The third-order valence-electron chi connectivity index (χ3n) is 3.36. The highest BCUT2D eigenvalue weighted by Crippen LogP contribution is 2.29. The summed E-state index contributed by atoms with van der Waals surface area (Å²) in [5, 5.41) is 5.34. The summed E-state index contributed by atoms with van der Waals surface area (Å²) in [6.45, 7) is 1.58. The highest BCUT2D eigenvalue weighted by molar-refractivity contribution is 7.89. The van der Waals surface area contributed by atoms with Crippen molar-refractivity contribution in [3.8, 4) is 0 Å². The van der Waals surface area contributed by atoms with Crippen LogP contribution < -0.4 is 4.72 Å². The fraction of sp³-hybridized carbons (Fsp3) is 0.333. The number of hydrogen-bond acceptors (Lipinski definition) is 5. The molecule has 1 aromatic carbocycles. The van der Waals surface area contributed by atoms with Crippen LogP contribution in [-0.2, 0) is 27.4 Å². The summed E-state index contributed by atoms with van der Waals surface area (Å²) in [6, 6.07) is 4.41. The van der Waals surface area contributed by atoms with E-state index in [9.17, 15) is 26.4 Å². The lowest BCUT2D eigenvalue weighted by Gasteiger charge is -2.09. The molecular formula is C15H16F3N3O4S. The van der Waals surface area contributed by atoms with Crippen molar-refractivity contribution in [2.24, 2.45) is 0 Å². The SMILES string of the molecule is CCOC(=O)c1cn[nH]c1S(=O)(=O)NCCc1ccc(C(F)(F)F)cc1. The summed E-state index contributed by atoms with van der Waals surface area (Å²) in [4.78, 5) is 11.7. The maximum absolute atomic E-state index is 12.5. The Morgan fingerprint density at radius 3 is 2.50 bits per heavy atom. The van der Waals surface area contributed by atoms with Crippen LogP contribution in [0.4, 0.5) is 13.2 Å². The third kappa shape index (κ3) is 4.82. The number of aromatic amines is 1. The first-order valence-electron chi connectivity index (χ1n) is 7.51. The molecular weight excluding hydrogens is 375 g/mol. The predicted molar refractivity (Wildman–Crippen MR) is 84.9 cm³/mol. The second-order valence-electron chi connectivity index (χ2n) is 5.18. The Labute approximate surface area is 147 Å². The molecule has 142 valence electrons. The zero-order valence-corrected chi connectivity index (χ0v) is 14.4. The number of nitrogens with zero attached hydrogens (tertiary/aromatic N) is 1. The summed E-state index contributed by atoms with van der Waals surface area (Å²) in [7, 11) is -4.06. The van der Waals surface area contributed by atoms with E-state index in [0.29, 0.717) is 5.56 Å². The number of sulfonamides is 1. The van der Waals surface area contributed by atoms with Gasteiger partial charge < -0.3 is 4.74 Å². The quantitative estimate of drug-likeness (QED) is 0.704. The van der Waals surface area contributed by atoms with E-state index >= 15 is 0 Å². The molecule has 0 fully saturated rings. The summed E-state index contributed by atoms with van der Waals surface area (Å²) < 4.78 is 69.0. The monoisotopic (exact) mass is 391 g/mol. The third-order valence-corrected chi connectivity index (χ3v) is 4.79. The standard InChI is InChI=1S/C15H16F3N3O4S/c1-2-25-14(22)12-9-19-21-13(12)26(23,24)20-8-7-10-3-5-11(6-4-10)15(16,17)18/h3-6,9,20H,2,7-8H2,1H3,(H,19,21). The number of esters is 1. The zero-order valence-electron chi connectivity index (χ0n) is 13.6. The van der Waals surface area contributed by atoms with Gasteiger partial charge in [-0.15, -0.1) is 0 Å². The number of carbonyl (C=O) groups is 1. The van der Waals surface area contributed by atoms with E-state index in [-0.39, 0.29) is 25.1 Å². The van der Waals surface area contributed by atoms with E-state index in [4.69, 9.17) is 4.74 Å². The molecule has 7 nitrogen and oxygen atoms in total. The van der Waals surface area contributed by atoms with Gasteiger partial charge in [-0.2, -0.15) is 18.3 Å². The van der Waals surface area contributed by atoms with Crippen molar-refractivity contribution >= 4 is 16.0 Å². The number of carbonyl (C=O) groups excluding carboxylic acids is 1. The zero-order chi connectivity index (χ0) is 19.4. The van der Waals surface area contributed by atoms with Crippen LogP contribution in [0, 0.1) is 0 Å². The van der Waals surface area contributed by atoms with Gasteiger partial charge in [0.15, 0.2) is 5.03 Å². The van der Waals surface area contributed by atoms with Gasteiger partial charge >= 0.3 is 12.1 Å². The molecule has 0 aliphatic carbocycles. The molecule has 2 aromatic rings. The maximum Gasteiger partial charge on any atom is 0.416 e. The molecule has 0 saturated carbocycles. The van der Waals surface area contributed by atoms with E-state index in [1.807, 2.05) is 0 Å². The van der Waals surface area contributed by atoms with Crippen molar-refractivity contribution in [2.75, 3.05) is 13.2 Å². The van der Waals surface area contributed by atoms with Crippen molar-refractivity contribution in [1.29, 1.82) is 0 Å². The van der Waals surface area contributed by atoms with Gasteiger partial charge in [-0.3, -0.25) is 5.10 Å². The van der Waals surface area contributed by atoms with E-state index < -0.39 is 32.8 Å². The largest absolute Gasteiger partial charge is 0.462 e. The molecule has 2 N–H and O–H groups in total. The number of alkyl halides is 3. The highest BCUT2D eigenvalue weighted by atomic mass is 32.2. The van der Waals surface area contributed by atoms with Gasteiger partial charge in [0.05, 0.1) is 18.4 Å². The number of benzene rings is 1. The molecule has 0 amide bonds. The molecule has 0 spiro atoms. The molecule has 2 rings (SSSR count). The topological polar surface area (TPSA) is 101 Å². The van der Waals surface area contributed by atoms with Gasteiger partial charge in [0.25, 0.3) is 10.0 Å². The predicted octanol–water partition coefficient (Wildman–Crippen LogP) is 2.13. The molecule has 0 saturated heterocycles. The number of rotatable bonds is 7. The second-order valence-corrected chi connectivity index (χ2v) is 6.88. The van der Waals surface area contributed by atoms with E-state index in [2.05, 4.69) is 14.9 Å². The van der Waals surface area contributed by atoms with Crippen LogP contribution in [0.5, 0.6) is 0 Å². The van der Waals surface area contributed by atoms with Crippen LogP contribution in [-0.4, -0.2) is 37.7 Å². The summed E-state index contributed by atoms with van der Waals surface area (Å²) in [5.74, 6) is -0.829. The first-order chi connectivity index (χ1) is 12.1. The van der Waals surface area contributed by atoms with Gasteiger partial charge in [-0.05, 0) is 31.0 Å². The van der Waals surface area contributed by atoms with Crippen LogP contribution in [0.1, 0.15) is 28.4 Å². The minimum absolute atomic E-state index is 0.0743. The van der Waals surface area contributed by atoms with Crippen LogP contribution in [0.2, 0.25) is 0 Å². The average Bonchev–Trinajstić information content (AvgIpc) is 3.05. The number of nitrogens with one attached hydrogen (secondary N) is 2. The lowest BCUT2D eigenvalue weighted by atomic mass is 10.1. The number of hydrogen-bond donors (Lipinski definition) is 2. The van der Waals surface area contributed by atoms with Gasteiger partial charge in [0, 0.05) is 6.54 Å². The Hall–Kier alpha value is -2.40. The van der Waals surface area contributed by atoms with Crippen LogP contribution in [0.3, 0.4) is 0 Å². The molecule has 0 bridgehead atoms. The van der Waals surface area contributed by atoms with Gasteiger partial charge in [0.2, 0.25) is 0 Å². The Morgan fingerprint density at radius 1 is 1.27 bits per heavy atom. The fourth-order valence-electron chi connectivity index (χ4n) is 2.10. The molecule has 0 radical (unpaired) electrons. The number of halogens is 3. The molecule has 0 aliphatic heterocycles. The van der Waals surface area contributed by atoms with E-state index in [1.165, 1.54) is 12.1 Å². The molecule has 26 heavy (non-hydrogen) atoms.